The summed E-state index contributed by atoms with van der Waals surface area (Å²) in [5, 5.41) is 3.58. The van der Waals surface area contributed by atoms with Crippen LogP contribution in [0.2, 0.25) is 0 Å². The molecule has 1 aromatic heterocycles. The zero-order chi connectivity index (χ0) is 11.1. The number of rotatable bonds is 2. The molecule has 0 amide bonds. The number of anilines is 1. The zero-order valence-corrected chi connectivity index (χ0v) is 8.61. The molecule has 16 heavy (non-hydrogen) atoms. The van der Waals surface area contributed by atoms with E-state index >= 15 is 0 Å². The van der Waals surface area contributed by atoms with Crippen LogP contribution in [0.4, 0.5) is 10.3 Å². The van der Waals surface area contributed by atoms with E-state index in [9.17, 15) is 4.39 Å². The summed E-state index contributed by atoms with van der Waals surface area (Å²) >= 11 is 0. The number of hydrogen-bond acceptors (Lipinski definition) is 3. The summed E-state index contributed by atoms with van der Waals surface area (Å²) in [7, 11) is 0. The Morgan fingerprint density at radius 2 is 2.19 bits per heavy atom. The van der Waals surface area contributed by atoms with Gasteiger partial charge in [-0.1, -0.05) is 17.3 Å². The molecule has 1 saturated carbocycles. The number of benzene rings is 1. The molecule has 0 bridgehead atoms. The fourth-order valence-electron chi connectivity index (χ4n) is 1.89. The van der Waals surface area contributed by atoms with Gasteiger partial charge in [0.2, 0.25) is 5.88 Å². The molecule has 0 saturated heterocycles. The Balaban J connectivity index is 2.03. The van der Waals surface area contributed by atoms with Crippen LogP contribution in [0, 0.1) is 5.82 Å². The van der Waals surface area contributed by atoms with Crippen LogP contribution in [0.5, 0.6) is 0 Å². The lowest BCUT2D eigenvalue weighted by atomic mass is 10.0. The average Bonchev–Trinajstić information content (AvgIpc) is 3.01. The predicted molar refractivity (Wildman–Crippen MR) is 58.3 cm³/mol. The van der Waals surface area contributed by atoms with Crippen molar-refractivity contribution in [1.82, 2.24) is 5.16 Å². The minimum atomic E-state index is -0.166. The Morgan fingerprint density at radius 3 is 2.75 bits per heavy atom. The van der Waals surface area contributed by atoms with Crippen molar-refractivity contribution in [3.8, 4) is 11.1 Å². The minimum Gasteiger partial charge on any atom is -0.367 e. The number of halogens is 1. The van der Waals surface area contributed by atoms with Gasteiger partial charge in [0.25, 0.3) is 0 Å². The zero-order valence-electron chi connectivity index (χ0n) is 8.61. The molecule has 1 aliphatic rings. The van der Waals surface area contributed by atoms with Crippen molar-refractivity contribution in [3.63, 3.8) is 0 Å². The summed E-state index contributed by atoms with van der Waals surface area (Å²) in [6, 6.07) is 5.19. The van der Waals surface area contributed by atoms with E-state index in [1.807, 2.05) is 12.1 Å². The van der Waals surface area contributed by atoms with Gasteiger partial charge in [0.05, 0.1) is 11.8 Å². The largest absolute Gasteiger partial charge is 0.367 e. The molecule has 0 radical (unpaired) electrons. The summed E-state index contributed by atoms with van der Waals surface area (Å²) < 4.78 is 18.5. The van der Waals surface area contributed by atoms with Gasteiger partial charge in [-0.25, -0.2) is 4.39 Å². The van der Waals surface area contributed by atoms with Gasteiger partial charge >= 0.3 is 0 Å². The lowest BCUT2D eigenvalue weighted by molar-refractivity contribution is 0.436. The molecule has 1 heterocycles. The maximum absolute atomic E-state index is 13.8. The molecule has 2 aromatic rings. The lowest BCUT2D eigenvalue weighted by Gasteiger charge is -2.03. The van der Waals surface area contributed by atoms with Gasteiger partial charge in [0.1, 0.15) is 5.82 Å². The SMILES string of the molecule is Nc1oncc1-c1ccc(C2CC2)c(F)c1. The Kier molecular flexibility index (Phi) is 1.96. The number of nitrogens with zero attached hydrogens (tertiary/aromatic N) is 1. The van der Waals surface area contributed by atoms with Crippen molar-refractivity contribution in [1.29, 1.82) is 0 Å². The molecule has 4 heteroatoms. The summed E-state index contributed by atoms with van der Waals surface area (Å²) in [4.78, 5) is 0. The quantitative estimate of drug-likeness (QED) is 0.843. The van der Waals surface area contributed by atoms with E-state index in [1.165, 1.54) is 12.3 Å². The molecule has 0 unspecified atom stereocenters. The number of nitrogens with two attached hydrogens (primary N) is 1. The van der Waals surface area contributed by atoms with Crippen molar-refractivity contribution < 1.29 is 8.91 Å². The van der Waals surface area contributed by atoms with Crippen LogP contribution < -0.4 is 5.73 Å². The molecule has 3 nitrogen and oxygen atoms in total. The summed E-state index contributed by atoms with van der Waals surface area (Å²) in [5.41, 5.74) is 7.73. The monoisotopic (exact) mass is 218 g/mol. The molecule has 3 rings (SSSR count). The first kappa shape index (κ1) is 9.39. The predicted octanol–water partition coefficient (Wildman–Crippen LogP) is 2.94. The number of hydrogen-bond donors (Lipinski definition) is 1. The first-order valence-corrected chi connectivity index (χ1v) is 5.25. The first-order valence-electron chi connectivity index (χ1n) is 5.25. The highest BCUT2D eigenvalue weighted by Gasteiger charge is 2.26. The van der Waals surface area contributed by atoms with E-state index in [-0.39, 0.29) is 11.7 Å². The molecule has 0 aliphatic heterocycles. The molecule has 1 aromatic carbocycles. The van der Waals surface area contributed by atoms with Crippen molar-refractivity contribution in [2.75, 3.05) is 5.73 Å². The second-order valence-electron chi connectivity index (χ2n) is 4.11. The molecule has 0 atom stereocenters. The van der Waals surface area contributed by atoms with E-state index in [0.717, 1.165) is 18.4 Å². The van der Waals surface area contributed by atoms with Gasteiger partial charge in [-0.15, -0.1) is 0 Å². The van der Waals surface area contributed by atoms with Crippen molar-refractivity contribution in [3.05, 3.63) is 35.8 Å². The van der Waals surface area contributed by atoms with Crippen molar-refractivity contribution >= 4 is 5.88 Å². The number of nitrogen functional groups attached to an aromatic ring is 1. The average molecular weight is 218 g/mol. The van der Waals surface area contributed by atoms with Gasteiger partial charge in [0, 0.05) is 0 Å². The van der Waals surface area contributed by atoms with Crippen LogP contribution in [0.15, 0.2) is 28.9 Å². The Hall–Kier alpha value is -1.84. The van der Waals surface area contributed by atoms with Gasteiger partial charge in [-0.05, 0) is 36.0 Å². The van der Waals surface area contributed by atoms with E-state index in [4.69, 9.17) is 10.3 Å². The normalized spacial score (nSPS) is 15.3. The van der Waals surface area contributed by atoms with Gasteiger partial charge in [-0.2, -0.15) is 0 Å². The van der Waals surface area contributed by atoms with Crippen molar-refractivity contribution in [2.45, 2.75) is 18.8 Å². The van der Waals surface area contributed by atoms with Gasteiger partial charge in [0.15, 0.2) is 0 Å². The minimum absolute atomic E-state index is 0.166. The smallest absolute Gasteiger partial charge is 0.229 e. The van der Waals surface area contributed by atoms with E-state index in [0.29, 0.717) is 17.0 Å². The summed E-state index contributed by atoms with van der Waals surface area (Å²) in [6.07, 6.45) is 3.68. The van der Waals surface area contributed by atoms with E-state index in [1.54, 1.807) is 0 Å². The maximum Gasteiger partial charge on any atom is 0.229 e. The number of aromatic nitrogens is 1. The lowest BCUT2D eigenvalue weighted by Crippen LogP contribution is -1.90. The first-order chi connectivity index (χ1) is 7.75. The van der Waals surface area contributed by atoms with Crippen LogP contribution >= 0.6 is 0 Å². The third-order valence-electron chi connectivity index (χ3n) is 2.93. The second kappa shape index (κ2) is 3.33. The molecule has 1 fully saturated rings. The van der Waals surface area contributed by atoms with Crippen molar-refractivity contribution in [2.24, 2.45) is 0 Å². The highest BCUT2D eigenvalue weighted by molar-refractivity contribution is 5.72. The molecule has 0 spiro atoms. The Bertz CT molecular complexity index is 532. The van der Waals surface area contributed by atoms with E-state index < -0.39 is 0 Å². The Labute approximate surface area is 92.0 Å². The van der Waals surface area contributed by atoms with Crippen LogP contribution in [-0.4, -0.2) is 5.16 Å². The summed E-state index contributed by atoms with van der Waals surface area (Å²) in [5.74, 6) is 0.466. The Morgan fingerprint density at radius 1 is 1.38 bits per heavy atom. The molecule has 1 aliphatic carbocycles. The fraction of sp³-hybridized carbons (Fsp3) is 0.250. The highest BCUT2D eigenvalue weighted by atomic mass is 19.1. The van der Waals surface area contributed by atoms with Crippen LogP contribution in [-0.2, 0) is 0 Å². The second-order valence-corrected chi connectivity index (χ2v) is 4.11. The topological polar surface area (TPSA) is 52.0 Å². The van der Waals surface area contributed by atoms with Crippen LogP contribution in [0.3, 0.4) is 0 Å². The van der Waals surface area contributed by atoms with E-state index in [2.05, 4.69) is 5.16 Å². The van der Waals surface area contributed by atoms with Gasteiger partial charge < -0.3 is 10.3 Å². The standard InChI is InChI=1S/C12H11FN2O/c13-11-5-8(10-6-15-16-12(10)14)3-4-9(11)7-1-2-7/h3-7H,1-2,14H2. The third kappa shape index (κ3) is 1.46. The molecular formula is C12H11FN2O. The highest BCUT2D eigenvalue weighted by Crippen LogP contribution is 2.42. The van der Waals surface area contributed by atoms with Gasteiger partial charge in [-0.3, -0.25) is 0 Å². The molecule has 82 valence electrons. The van der Waals surface area contributed by atoms with Crippen LogP contribution in [0.25, 0.3) is 11.1 Å². The fourth-order valence-corrected chi connectivity index (χ4v) is 1.89. The molecular weight excluding hydrogens is 207 g/mol. The summed E-state index contributed by atoms with van der Waals surface area (Å²) in [6.45, 7) is 0. The maximum atomic E-state index is 13.8. The third-order valence-corrected chi connectivity index (χ3v) is 2.93. The van der Waals surface area contributed by atoms with Crippen LogP contribution in [0.1, 0.15) is 24.3 Å². The molecule has 2 N–H and O–H groups in total.